The van der Waals surface area contributed by atoms with Crippen molar-refractivity contribution < 1.29 is 17.7 Å². The molecule has 0 aliphatic heterocycles. The van der Waals surface area contributed by atoms with Crippen molar-refractivity contribution in [2.24, 2.45) is 0 Å². The summed E-state index contributed by atoms with van der Waals surface area (Å²) in [6.45, 7) is 4.24. The number of aryl methyl sites for hydroxylation is 1. The topological polar surface area (TPSA) is 104 Å². The summed E-state index contributed by atoms with van der Waals surface area (Å²) >= 11 is 2.99. The van der Waals surface area contributed by atoms with Crippen LogP contribution in [0.4, 0.5) is 0 Å². The number of hydrogen-bond donors (Lipinski definition) is 0. The predicted octanol–water partition coefficient (Wildman–Crippen LogP) is 6.17. The van der Waals surface area contributed by atoms with Crippen molar-refractivity contribution in [1.29, 1.82) is 0 Å². The van der Waals surface area contributed by atoms with E-state index in [0.29, 0.717) is 45.3 Å². The Morgan fingerprint density at radius 3 is 1.88 bits per heavy atom. The zero-order chi connectivity index (χ0) is 21.9. The average molecular weight is 467 g/mol. The maximum absolute atomic E-state index is 5.73. The van der Waals surface area contributed by atoms with Gasteiger partial charge in [0.25, 0.3) is 22.2 Å². The Morgan fingerprint density at radius 1 is 0.719 bits per heavy atom. The second-order valence-electron chi connectivity index (χ2n) is 6.92. The van der Waals surface area contributed by atoms with E-state index in [2.05, 4.69) is 46.4 Å². The van der Waals surface area contributed by atoms with Crippen LogP contribution in [-0.4, -0.2) is 20.4 Å². The molecule has 5 aromatic rings. The van der Waals surface area contributed by atoms with E-state index in [4.69, 9.17) is 17.7 Å². The van der Waals surface area contributed by atoms with Gasteiger partial charge in [-0.3, -0.25) is 0 Å². The molecular formula is C22H18N4O4S2. The van der Waals surface area contributed by atoms with Crippen LogP contribution < -0.4 is 0 Å². The van der Waals surface area contributed by atoms with Gasteiger partial charge in [0, 0.05) is 11.5 Å². The second kappa shape index (κ2) is 9.09. The quantitative estimate of drug-likeness (QED) is 0.246. The predicted molar refractivity (Wildman–Crippen MR) is 119 cm³/mol. The lowest BCUT2D eigenvalue weighted by molar-refractivity contribution is 0.447. The Labute approximate surface area is 191 Å². The van der Waals surface area contributed by atoms with Gasteiger partial charge < -0.3 is 17.7 Å². The highest BCUT2D eigenvalue weighted by atomic mass is 32.2. The van der Waals surface area contributed by atoms with E-state index in [1.54, 1.807) is 36.8 Å². The van der Waals surface area contributed by atoms with Crippen LogP contribution in [-0.2, 0) is 11.5 Å². The maximum Gasteiger partial charge on any atom is 0.284 e. The summed E-state index contributed by atoms with van der Waals surface area (Å²) in [6, 6.07) is 11.4. The Bertz CT molecular complexity index is 1310. The summed E-state index contributed by atoms with van der Waals surface area (Å²) < 4.78 is 22.1. The fourth-order valence-corrected chi connectivity index (χ4v) is 4.77. The van der Waals surface area contributed by atoms with Crippen molar-refractivity contribution in [1.82, 2.24) is 20.4 Å². The third kappa shape index (κ3) is 4.37. The number of rotatable bonds is 8. The number of thioether (sulfide) groups is 2. The summed E-state index contributed by atoms with van der Waals surface area (Å²) in [6.07, 6.45) is 3.15. The summed E-state index contributed by atoms with van der Waals surface area (Å²) in [5, 5.41) is 17.4. The Hall–Kier alpha value is -3.24. The van der Waals surface area contributed by atoms with Gasteiger partial charge in [0.2, 0.25) is 0 Å². The normalized spacial score (nSPS) is 11.3. The van der Waals surface area contributed by atoms with Gasteiger partial charge in [-0.05, 0) is 60.4 Å². The van der Waals surface area contributed by atoms with Gasteiger partial charge in [-0.2, -0.15) is 0 Å². The Morgan fingerprint density at radius 2 is 1.31 bits per heavy atom. The molecule has 0 aliphatic rings. The summed E-state index contributed by atoms with van der Waals surface area (Å²) in [7, 11) is 0. The van der Waals surface area contributed by atoms with Crippen LogP contribution in [0.25, 0.3) is 23.3 Å². The van der Waals surface area contributed by atoms with Crippen molar-refractivity contribution >= 4 is 23.5 Å². The van der Waals surface area contributed by atoms with E-state index >= 15 is 0 Å². The van der Waals surface area contributed by atoms with E-state index < -0.39 is 0 Å². The maximum atomic E-state index is 5.73. The van der Waals surface area contributed by atoms with E-state index in [9.17, 15) is 0 Å². The van der Waals surface area contributed by atoms with Crippen LogP contribution in [0.3, 0.4) is 0 Å². The molecule has 4 aromatic heterocycles. The number of hydrogen-bond acceptors (Lipinski definition) is 10. The standard InChI is InChI=1S/C22H18N4O4S2/c1-13-7-8-15(11-31-21-25-23-19(29-21)17-5-3-9-27-17)16(14(13)2)12-32-22-26-24-20(30-22)18-6-4-10-28-18/h3-10H,11-12H2,1-2H3. The van der Waals surface area contributed by atoms with E-state index in [1.165, 1.54) is 45.8 Å². The first kappa shape index (κ1) is 20.7. The van der Waals surface area contributed by atoms with Gasteiger partial charge in [0.15, 0.2) is 11.5 Å². The van der Waals surface area contributed by atoms with Crippen molar-refractivity contribution in [3.8, 4) is 23.3 Å². The zero-order valence-corrected chi connectivity index (χ0v) is 18.9. The molecule has 162 valence electrons. The molecule has 10 heteroatoms. The van der Waals surface area contributed by atoms with Gasteiger partial charge in [0.05, 0.1) is 12.5 Å². The van der Waals surface area contributed by atoms with Crippen molar-refractivity contribution in [3.63, 3.8) is 0 Å². The highest BCUT2D eigenvalue weighted by molar-refractivity contribution is 7.98. The van der Waals surface area contributed by atoms with E-state index in [1.807, 2.05) is 0 Å². The first-order valence-electron chi connectivity index (χ1n) is 9.75. The second-order valence-corrected chi connectivity index (χ2v) is 8.78. The monoisotopic (exact) mass is 466 g/mol. The molecule has 0 saturated carbocycles. The van der Waals surface area contributed by atoms with Gasteiger partial charge in [-0.1, -0.05) is 35.7 Å². The molecule has 0 saturated heterocycles. The van der Waals surface area contributed by atoms with Crippen LogP contribution in [0.2, 0.25) is 0 Å². The molecule has 0 bridgehead atoms. The number of furan rings is 2. The first-order valence-corrected chi connectivity index (χ1v) is 11.7. The minimum Gasteiger partial charge on any atom is -0.459 e. The molecule has 0 atom stereocenters. The van der Waals surface area contributed by atoms with E-state index in [-0.39, 0.29) is 0 Å². The largest absolute Gasteiger partial charge is 0.459 e. The first-order chi connectivity index (χ1) is 15.7. The van der Waals surface area contributed by atoms with Gasteiger partial charge in [-0.25, -0.2) is 0 Å². The van der Waals surface area contributed by atoms with Crippen molar-refractivity contribution in [3.05, 3.63) is 71.2 Å². The molecule has 32 heavy (non-hydrogen) atoms. The SMILES string of the molecule is Cc1ccc(CSc2nnc(-c3ccco3)o2)c(CSc2nnc(-c3ccco3)o2)c1C. The van der Waals surface area contributed by atoms with Crippen LogP contribution in [0.15, 0.2) is 77.0 Å². The molecule has 4 heterocycles. The molecule has 0 radical (unpaired) electrons. The van der Waals surface area contributed by atoms with Gasteiger partial charge in [-0.15, -0.1) is 20.4 Å². The minimum absolute atomic E-state index is 0.372. The van der Waals surface area contributed by atoms with Gasteiger partial charge >= 0.3 is 0 Å². The smallest absolute Gasteiger partial charge is 0.284 e. The summed E-state index contributed by atoms with van der Waals surface area (Å²) in [4.78, 5) is 0. The lowest BCUT2D eigenvalue weighted by Crippen LogP contribution is -1.97. The highest BCUT2D eigenvalue weighted by Crippen LogP contribution is 2.32. The molecule has 0 amide bonds. The Kier molecular flexibility index (Phi) is 5.87. The molecule has 0 unspecified atom stereocenters. The lowest BCUT2D eigenvalue weighted by Gasteiger charge is -2.13. The van der Waals surface area contributed by atoms with Crippen molar-refractivity contribution in [2.75, 3.05) is 0 Å². The van der Waals surface area contributed by atoms with E-state index in [0.717, 1.165) is 0 Å². The molecule has 1 aromatic carbocycles. The third-order valence-electron chi connectivity index (χ3n) is 4.93. The number of nitrogens with zero attached hydrogens (tertiary/aromatic N) is 4. The Balaban J connectivity index is 1.29. The summed E-state index contributed by atoms with van der Waals surface area (Å²) in [5.74, 6) is 3.25. The average Bonchev–Trinajstić information content (AvgIpc) is 3.61. The molecule has 0 aliphatic carbocycles. The molecule has 0 N–H and O–H groups in total. The lowest BCUT2D eigenvalue weighted by atomic mass is 10.00. The molecule has 0 spiro atoms. The van der Waals surface area contributed by atoms with Crippen molar-refractivity contribution in [2.45, 2.75) is 35.8 Å². The van der Waals surface area contributed by atoms with Crippen LogP contribution in [0, 0.1) is 13.8 Å². The van der Waals surface area contributed by atoms with Gasteiger partial charge in [0.1, 0.15) is 0 Å². The minimum atomic E-state index is 0.372. The van der Waals surface area contributed by atoms with Crippen LogP contribution in [0.5, 0.6) is 0 Å². The molecular weight excluding hydrogens is 448 g/mol. The van der Waals surface area contributed by atoms with Crippen LogP contribution >= 0.6 is 23.5 Å². The molecule has 8 nitrogen and oxygen atoms in total. The molecule has 5 rings (SSSR count). The zero-order valence-electron chi connectivity index (χ0n) is 17.3. The summed E-state index contributed by atoms with van der Waals surface area (Å²) in [5.41, 5.74) is 4.89. The number of aromatic nitrogens is 4. The molecule has 0 fully saturated rings. The van der Waals surface area contributed by atoms with Crippen LogP contribution in [0.1, 0.15) is 22.3 Å². The fraction of sp³-hybridized carbons (Fsp3) is 0.182. The fourth-order valence-electron chi connectivity index (χ4n) is 3.08. The number of benzene rings is 1. The third-order valence-corrected chi connectivity index (χ3v) is 6.65. The highest BCUT2D eigenvalue weighted by Gasteiger charge is 2.16.